The first-order valence-electron chi connectivity index (χ1n) is 13.3. The van der Waals surface area contributed by atoms with Crippen molar-refractivity contribution >= 4 is 21.8 Å². The molecule has 0 amide bonds. The van der Waals surface area contributed by atoms with Crippen LogP contribution in [-0.2, 0) is 23.3 Å². The molecule has 0 heterocycles. The molecule has 0 saturated carbocycles. The zero-order valence-electron chi connectivity index (χ0n) is 24.0. The fraction of sp³-hybridized carbons (Fsp3) is 0.455. The van der Waals surface area contributed by atoms with E-state index < -0.39 is 0 Å². The summed E-state index contributed by atoms with van der Waals surface area (Å²) in [6.45, 7) is 21.6. The Kier molecular flexibility index (Phi) is 9.82. The van der Waals surface area contributed by atoms with Crippen LogP contribution in [0.2, 0.25) is 0 Å². The smallest absolute Gasteiger partial charge is 0.127 e. The molecule has 0 saturated heterocycles. The summed E-state index contributed by atoms with van der Waals surface area (Å²) >= 11 is 0. The second-order valence-electron chi connectivity index (χ2n) is 11.5. The quantitative estimate of drug-likeness (QED) is 0.242. The van der Waals surface area contributed by atoms with Gasteiger partial charge in [-0.25, -0.2) is 0 Å². The second kappa shape index (κ2) is 12.2. The Labute approximate surface area is 224 Å². The maximum Gasteiger partial charge on any atom is 0.127 e. The molecule has 1 atom stereocenters. The van der Waals surface area contributed by atoms with Gasteiger partial charge < -0.3 is 4.74 Å². The summed E-state index contributed by atoms with van der Waals surface area (Å²) in [6, 6.07) is 22.3. The number of rotatable bonds is 10. The molecule has 0 bridgehead atoms. The molecule has 1 unspecified atom stereocenters. The maximum absolute atomic E-state index is 6.82. The summed E-state index contributed by atoms with van der Waals surface area (Å²) in [5, 5.41) is 1.62. The molecule has 0 aliphatic heterocycles. The summed E-state index contributed by atoms with van der Waals surface area (Å²) < 4.78 is 6.82. The molecule has 0 spiro atoms. The molecule has 36 heavy (non-hydrogen) atoms. The lowest BCUT2D eigenvalue weighted by atomic mass is 9.80. The molecule has 3 aromatic rings. The highest BCUT2D eigenvalue weighted by molar-refractivity contribution is 7.55. The van der Waals surface area contributed by atoms with Crippen molar-refractivity contribution in [3.63, 3.8) is 0 Å². The molecule has 3 aromatic carbocycles. The van der Waals surface area contributed by atoms with Crippen LogP contribution in [0.5, 0.6) is 5.75 Å². The van der Waals surface area contributed by atoms with E-state index >= 15 is 0 Å². The highest BCUT2D eigenvalue weighted by Crippen LogP contribution is 2.53. The normalized spacial score (nSPS) is 12.6. The first-order valence-corrected chi connectivity index (χ1v) is 16.8. The van der Waals surface area contributed by atoms with E-state index in [-0.39, 0.29) is 18.5 Å². The van der Waals surface area contributed by atoms with Gasteiger partial charge in [-0.05, 0) is 73.6 Å². The molecule has 0 N–H and O–H groups in total. The van der Waals surface area contributed by atoms with Gasteiger partial charge in [-0.3, -0.25) is 0 Å². The van der Waals surface area contributed by atoms with Crippen LogP contribution in [0.15, 0.2) is 60.7 Å². The van der Waals surface area contributed by atoms with Crippen molar-refractivity contribution in [3.8, 4) is 5.75 Å². The van der Waals surface area contributed by atoms with Crippen LogP contribution in [0.25, 0.3) is 0 Å². The molecular weight excluding hydrogens is 474 g/mol. The molecule has 3 rings (SSSR count). The molecule has 3 heteroatoms. The van der Waals surface area contributed by atoms with Gasteiger partial charge in [-0.2, -0.15) is 0 Å². The Bertz CT molecular complexity index is 1140. The van der Waals surface area contributed by atoms with Crippen LogP contribution < -0.4 is 10.0 Å². The Balaban J connectivity index is 2.19. The third-order valence-electron chi connectivity index (χ3n) is 7.20. The van der Waals surface area contributed by atoms with Crippen molar-refractivity contribution in [3.05, 3.63) is 94.0 Å². The minimum absolute atomic E-state index is 0.00277. The fourth-order valence-electron chi connectivity index (χ4n) is 5.07. The van der Waals surface area contributed by atoms with Gasteiger partial charge in [0, 0.05) is 16.3 Å². The zero-order chi connectivity index (χ0) is 26.5. The minimum Gasteiger partial charge on any atom is -0.488 e. The third-order valence-corrected chi connectivity index (χ3v) is 10.6. The van der Waals surface area contributed by atoms with Crippen molar-refractivity contribution in [1.29, 1.82) is 0 Å². The van der Waals surface area contributed by atoms with Crippen molar-refractivity contribution in [2.45, 2.75) is 84.6 Å². The van der Waals surface area contributed by atoms with E-state index in [0.29, 0.717) is 15.2 Å². The van der Waals surface area contributed by atoms with E-state index in [0.717, 1.165) is 18.6 Å². The number of aryl methyl sites for hydroxylation is 2. The van der Waals surface area contributed by atoms with Crippen molar-refractivity contribution in [1.82, 2.24) is 0 Å². The third kappa shape index (κ3) is 6.79. The Hall–Kier alpha value is -1.68. The standard InChI is InChI=1S/C33H46OP2/c1-10-33(11-2,35-31-25(4)16-15-19-27(31)23-36(8)9)29-21-24(3)20-28(32(5,6)7)30(29)34-22-26-17-13-12-14-18-26/h12-21,35H,10-11,22-23H2,1-9H3. The first-order chi connectivity index (χ1) is 17.0. The maximum atomic E-state index is 6.82. The molecule has 0 aliphatic carbocycles. The average Bonchev–Trinajstić information content (AvgIpc) is 2.83. The van der Waals surface area contributed by atoms with E-state index in [9.17, 15) is 0 Å². The Morgan fingerprint density at radius 3 is 2.06 bits per heavy atom. The molecular formula is C33H46OP2. The number of benzene rings is 3. The summed E-state index contributed by atoms with van der Waals surface area (Å²) in [7, 11) is 0.721. The number of hydrogen-bond donors (Lipinski definition) is 0. The van der Waals surface area contributed by atoms with Crippen molar-refractivity contribution in [2.75, 3.05) is 13.3 Å². The number of ether oxygens (including phenoxy) is 1. The topological polar surface area (TPSA) is 9.23 Å². The summed E-state index contributed by atoms with van der Waals surface area (Å²) in [6.07, 6.45) is 3.39. The lowest BCUT2D eigenvalue weighted by Crippen LogP contribution is -2.27. The van der Waals surface area contributed by atoms with E-state index in [1.807, 2.05) is 0 Å². The zero-order valence-corrected chi connectivity index (χ0v) is 25.9. The molecule has 1 nitrogen and oxygen atoms in total. The van der Waals surface area contributed by atoms with Gasteiger partial charge in [0.25, 0.3) is 0 Å². The fourth-order valence-corrected chi connectivity index (χ4v) is 7.92. The van der Waals surface area contributed by atoms with Crippen LogP contribution in [0, 0.1) is 13.8 Å². The minimum atomic E-state index is -0.00277. The number of hydrogen-bond acceptors (Lipinski definition) is 1. The predicted octanol–water partition coefficient (Wildman–Crippen LogP) is 9.44. The Morgan fingerprint density at radius 2 is 1.47 bits per heavy atom. The second-order valence-corrected chi connectivity index (χ2v) is 15.7. The van der Waals surface area contributed by atoms with Gasteiger partial charge in [0.1, 0.15) is 12.4 Å². The van der Waals surface area contributed by atoms with E-state index in [4.69, 9.17) is 4.74 Å². The molecule has 0 aliphatic rings. The summed E-state index contributed by atoms with van der Waals surface area (Å²) in [5.41, 5.74) is 8.24. The summed E-state index contributed by atoms with van der Waals surface area (Å²) in [5.74, 6) is 1.11. The largest absolute Gasteiger partial charge is 0.488 e. The van der Waals surface area contributed by atoms with Gasteiger partial charge in [-0.15, -0.1) is 7.92 Å². The van der Waals surface area contributed by atoms with Crippen molar-refractivity contribution < 1.29 is 4.74 Å². The average molecular weight is 521 g/mol. The highest BCUT2D eigenvalue weighted by atomic mass is 31.1. The van der Waals surface area contributed by atoms with Crippen molar-refractivity contribution in [2.24, 2.45) is 0 Å². The van der Waals surface area contributed by atoms with Crippen LogP contribution in [0.4, 0.5) is 0 Å². The van der Waals surface area contributed by atoms with Gasteiger partial charge in [0.05, 0.1) is 0 Å². The van der Waals surface area contributed by atoms with Gasteiger partial charge >= 0.3 is 0 Å². The highest BCUT2D eigenvalue weighted by Gasteiger charge is 2.36. The monoisotopic (exact) mass is 520 g/mol. The molecule has 194 valence electrons. The SMILES string of the molecule is CCC(CC)(Pc1c(C)cccc1CP(C)C)c1cc(C)cc(C(C)(C)C)c1OCc1ccccc1. The van der Waals surface area contributed by atoms with Gasteiger partial charge in [0.15, 0.2) is 0 Å². The van der Waals surface area contributed by atoms with E-state index in [1.165, 1.54) is 34.0 Å². The Morgan fingerprint density at radius 1 is 0.833 bits per heavy atom. The van der Waals surface area contributed by atoms with Gasteiger partial charge in [0.2, 0.25) is 0 Å². The van der Waals surface area contributed by atoms with E-state index in [1.54, 1.807) is 10.9 Å². The van der Waals surface area contributed by atoms with Crippen LogP contribution in [0.1, 0.15) is 80.8 Å². The van der Waals surface area contributed by atoms with E-state index in [2.05, 4.69) is 122 Å². The lowest BCUT2D eigenvalue weighted by molar-refractivity contribution is 0.289. The predicted molar refractivity (Wildman–Crippen MR) is 165 cm³/mol. The molecule has 0 fully saturated rings. The van der Waals surface area contributed by atoms with Crippen LogP contribution >= 0.6 is 16.5 Å². The molecule has 0 aromatic heterocycles. The summed E-state index contributed by atoms with van der Waals surface area (Å²) in [4.78, 5) is 0. The lowest BCUT2D eigenvalue weighted by Gasteiger charge is -2.38. The van der Waals surface area contributed by atoms with Crippen LogP contribution in [-0.4, -0.2) is 13.3 Å². The van der Waals surface area contributed by atoms with Gasteiger partial charge in [-0.1, -0.05) is 109 Å². The first kappa shape index (κ1) is 28.9. The molecule has 0 radical (unpaired) electrons. The van der Waals surface area contributed by atoms with Crippen LogP contribution in [0.3, 0.4) is 0 Å².